The third-order valence-corrected chi connectivity index (χ3v) is 4.78. The lowest BCUT2D eigenvalue weighted by Crippen LogP contribution is -2.45. The topological polar surface area (TPSA) is 172 Å². The van der Waals surface area contributed by atoms with Gasteiger partial charge >= 0.3 is 6.16 Å². The minimum absolute atomic E-state index is 0.0963. The Hall–Kier alpha value is -2.47. The molecule has 0 aromatic carbocycles. The maximum Gasteiger partial charge on any atom is 0.508 e. The molecule has 154 valence electrons. The zero-order valence-electron chi connectivity index (χ0n) is 15.3. The van der Waals surface area contributed by atoms with Gasteiger partial charge in [-0.3, -0.25) is 5.41 Å². The lowest BCUT2D eigenvalue weighted by Gasteiger charge is -2.27. The molecule has 2 fully saturated rings. The number of aromatic nitrogens is 1. The summed E-state index contributed by atoms with van der Waals surface area (Å²) in [6.45, 7) is 2.07. The van der Waals surface area contributed by atoms with Gasteiger partial charge in [-0.25, -0.2) is 9.79 Å². The van der Waals surface area contributed by atoms with Crippen LogP contribution in [0.3, 0.4) is 0 Å². The first-order chi connectivity index (χ1) is 13.3. The highest BCUT2D eigenvalue weighted by molar-refractivity contribution is 5.99. The highest BCUT2D eigenvalue weighted by Crippen LogP contribution is 2.40. The molecular formula is C17H24N4O7. The lowest BCUT2D eigenvalue weighted by molar-refractivity contribution is -0.111. The molecule has 0 aliphatic carbocycles. The van der Waals surface area contributed by atoms with Crippen LogP contribution in [0.5, 0.6) is 0 Å². The molecule has 5 atom stereocenters. The molecule has 11 nitrogen and oxygen atoms in total. The number of rotatable bonds is 6. The Morgan fingerprint density at radius 3 is 3.00 bits per heavy atom. The van der Waals surface area contributed by atoms with Crippen LogP contribution in [0.25, 0.3) is 0 Å². The van der Waals surface area contributed by atoms with Crippen molar-refractivity contribution >= 4 is 18.3 Å². The highest BCUT2D eigenvalue weighted by Gasteiger charge is 2.53. The van der Waals surface area contributed by atoms with Crippen molar-refractivity contribution in [2.45, 2.75) is 43.4 Å². The fourth-order valence-electron chi connectivity index (χ4n) is 3.17. The van der Waals surface area contributed by atoms with Crippen molar-refractivity contribution < 1.29 is 34.0 Å². The molecule has 3 heterocycles. The van der Waals surface area contributed by atoms with Crippen molar-refractivity contribution in [1.29, 1.82) is 5.41 Å². The van der Waals surface area contributed by atoms with Gasteiger partial charge in [0.15, 0.2) is 0 Å². The first-order valence-corrected chi connectivity index (χ1v) is 8.80. The third kappa shape index (κ3) is 4.17. The van der Waals surface area contributed by atoms with Gasteiger partial charge < -0.3 is 39.9 Å². The number of nitrogens with one attached hydrogen (secondary N) is 2. The second-order valence-electron chi connectivity index (χ2n) is 6.90. The lowest BCUT2D eigenvalue weighted by atomic mass is 9.97. The zero-order valence-corrected chi connectivity index (χ0v) is 15.3. The number of H-pyrrole nitrogens is 1. The Labute approximate surface area is 160 Å². The molecule has 0 bridgehead atoms. The minimum Gasteiger partial charge on any atom is -0.431 e. The van der Waals surface area contributed by atoms with E-state index < -0.39 is 30.1 Å². The maximum absolute atomic E-state index is 11.8. The summed E-state index contributed by atoms with van der Waals surface area (Å²) < 4.78 is 21.1. The molecule has 6 N–H and O–H groups in total. The van der Waals surface area contributed by atoms with Gasteiger partial charge in [-0.1, -0.05) is 0 Å². The molecule has 0 unspecified atom stereocenters. The number of aliphatic hydroxyl groups is 2. The van der Waals surface area contributed by atoms with Crippen LogP contribution in [-0.2, 0) is 18.9 Å². The van der Waals surface area contributed by atoms with Crippen LogP contribution in [0, 0.1) is 5.41 Å². The van der Waals surface area contributed by atoms with Gasteiger partial charge in [-0.2, -0.15) is 0 Å². The van der Waals surface area contributed by atoms with Gasteiger partial charge in [0.05, 0.1) is 18.9 Å². The summed E-state index contributed by atoms with van der Waals surface area (Å²) in [6.07, 6.45) is -3.29. The van der Waals surface area contributed by atoms with E-state index in [-0.39, 0.29) is 18.5 Å². The van der Waals surface area contributed by atoms with E-state index in [1.165, 1.54) is 6.92 Å². The number of carbonyl (C=O) groups excluding carboxylic acids is 1. The molecule has 1 aromatic heterocycles. The molecule has 0 saturated carbocycles. The summed E-state index contributed by atoms with van der Waals surface area (Å²) in [5, 5.41) is 27.8. The Morgan fingerprint density at radius 1 is 1.54 bits per heavy atom. The van der Waals surface area contributed by atoms with Gasteiger partial charge in [0, 0.05) is 12.1 Å². The molecule has 3 rings (SSSR count). The molecule has 2 aliphatic rings. The quantitative estimate of drug-likeness (QED) is 0.250. The van der Waals surface area contributed by atoms with Crippen LogP contribution in [0.15, 0.2) is 17.1 Å². The number of aliphatic imine (C=N–C) groups is 1. The van der Waals surface area contributed by atoms with E-state index in [4.69, 9.17) is 30.1 Å². The van der Waals surface area contributed by atoms with Crippen LogP contribution < -0.4 is 5.73 Å². The fourth-order valence-corrected chi connectivity index (χ4v) is 3.17. The Bertz CT molecular complexity index is 746. The Kier molecular flexibility index (Phi) is 5.98. The second kappa shape index (κ2) is 8.27. The molecule has 0 amide bonds. The van der Waals surface area contributed by atoms with E-state index >= 15 is 0 Å². The molecular weight excluding hydrogens is 372 g/mol. The summed E-state index contributed by atoms with van der Waals surface area (Å²) in [7, 11) is 0. The van der Waals surface area contributed by atoms with Crippen LogP contribution >= 0.6 is 0 Å². The number of hydrogen-bond donors (Lipinski definition) is 5. The Morgan fingerprint density at radius 2 is 2.32 bits per heavy atom. The fraction of sp³-hybridized carbons (Fsp3) is 0.588. The first-order valence-electron chi connectivity index (χ1n) is 8.80. The average Bonchev–Trinajstić information content (AvgIpc) is 3.39. The number of aromatic amines is 1. The van der Waals surface area contributed by atoms with Crippen molar-refractivity contribution in [2.24, 2.45) is 10.7 Å². The van der Waals surface area contributed by atoms with Crippen LogP contribution in [0.2, 0.25) is 0 Å². The smallest absolute Gasteiger partial charge is 0.431 e. The van der Waals surface area contributed by atoms with Crippen molar-refractivity contribution in [3.63, 3.8) is 0 Å². The van der Waals surface area contributed by atoms with Crippen LogP contribution in [0.1, 0.15) is 30.8 Å². The maximum atomic E-state index is 11.8. The number of aliphatic hydroxyl groups excluding tert-OH is 2. The Balaban J connectivity index is 1.63. The third-order valence-electron chi connectivity index (χ3n) is 4.78. The molecule has 11 heteroatoms. The summed E-state index contributed by atoms with van der Waals surface area (Å²) in [5.41, 5.74) is 5.28. The van der Waals surface area contributed by atoms with Gasteiger partial charge in [0.2, 0.25) is 0 Å². The number of ether oxygens (including phenoxy) is 4. The van der Waals surface area contributed by atoms with E-state index in [1.54, 1.807) is 12.1 Å². The summed E-state index contributed by atoms with van der Waals surface area (Å²) >= 11 is 0. The van der Waals surface area contributed by atoms with Crippen molar-refractivity contribution in [2.75, 3.05) is 19.8 Å². The van der Waals surface area contributed by atoms with Crippen molar-refractivity contribution in [1.82, 2.24) is 4.98 Å². The largest absolute Gasteiger partial charge is 0.508 e. The normalized spacial score (nSPS) is 33.0. The number of carbonyl (C=O) groups is 1. The van der Waals surface area contributed by atoms with Crippen LogP contribution in [0.4, 0.5) is 4.79 Å². The van der Waals surface area contributed by atoms with Crippen molar-refractivity contribution in [3.05, 3.63) is 23.5 Å². The second-order valence-corrected chi connectivity index (χ2v) is 6.90. The first kappa shape index (κ1) is 20.3. The number of nitrogens with zero attached hydrogens (tertiary/aromatic N) is 1. The molecule has 1 aromatic rings. The van der Waals surface area contributed by atoms with E-state index in [9.17, 15) is 15.0 Å². The van der Waals surface area contributed by atoms with Crippen LogP contribution in [-0.4, -0.2) is 77.3 Å². The van der Waals surface area contributed by atoms with Gasteiger partial charge in [0.1, 0.15) is 48.8 Å². The molecule has 0 spiro atoms. The van der Waals surface area contributed by atoms with Crippen molar-refractivity contribution in [3.8, 4) is 0 Å². The zero-order chi connectivity index (χ0) is 20.3. The van der Waals surface area contributed by atoms with E-state index in [2.05, 4.69) is 9.98 Å². The summed E-state index contributed by atoms with van der Waals surface area (Å²) in [6, 6.07) is 3.25. The predicted octanol–water partition coefficient (Wildman–Crippen LogP) is -0.179. The highest BCUT2D eigenvalue weighted by atomic mass is 16.7. The number of amidine groups is 1. The minimum atomic E-state index is -1.34. The predicted molar refractivity (Wildman–Crippen MR) is 96.2 cm³/mol. The standard InChI is InChI=1S/C17H24N4O7/c1-17(7-26-16(24)27-9-4-5-25-6-9)14(23)12(22)13(28-17)10-2-3-11(21-10)15(19)20-8-18/h2-3,8-9,12-14,21-23H,4-7H2,1H3,(H3,18,19,20)/t9-,12-,13-,14-,17+/m0/s1. The van der Waals surface area contributed by atoms with E-state index in [1.807, 2.05) is 0 Å². The monoisotopic (exact) mass is 396 g/mol. The molecule has 0 radical (unpaired) electrons. The molecule has 28 heavy (non-hydrogen) atoms. The molecule has 2 aliphatic heterocycles. The summed E-state index contributed by atoms with van der Waals surface area (Å²) in [5.74, 6) is 0.0963. The summed E-state index contributed by atoms with van der Waals surface area (Å²) in [4.78, 5) is 18.4. The van der Waals surface area contributed by atoms with Gasteiger partial charge in [-0.15, -0.1) is 0 Å². The number of hydrogen-bond acceptors (Lipinski definition) is 8. The van der Waals surface area contributed by atoms with Gasteiger partial charge in [0.25, 0.3) is 0 Å². The SMILES string of the molecule is C[C@]1(COC(=O)O[C@H]2CCOC2)O[C@@H](c2ccc(C(N)=NC=N)[nH]2)[C@H](O)[C@@H]1O. The average molecular weight is 396 g/mol. The van der Waals surface area contributed by atoms with Gasteiger partial charge in [-0.05, 0) is 19.1 Å². The number of nitrogens with two attached hydrogens (primary N) is 1. The van der Waals surface area contributed by atoms with E-state index in [0.717, 1.165) is 6.34 Å². The molecule has 2 saturated heterocycles. The van der Waals surface area contributed by atoms with E-state index in [0.29, 0.717) is 31.0 Å².